The van der Waals surface area contributed by atoms with Gasteiger partial charge in [0.05, 0.1) is 6.04 Å². The van der Waals surface area contributed by atoms with E-state index in [1.165, 1.54) is 0 Å². The summed E-state index contributed by atoms with van der Waals surface area (Å²) in [5, 5.41) is 9.62. The summed E-state index contributed by atoms with van der Waals surface area (Å²) in [5.74, 6) is -4.00. The average Bonchev–Trinajstić information content (AvgIpc) is 2.74. The van der Waals surface area contributed by atoms with Crippen LogP contribution in [0.15, 0.2) is 16.5 Å². The van der Waals surface area contributed by atoms with E-state index in [1.807, 2.05) is 0 Å². The number of hydrogen-bond donors (Lipinski definition) is 2. The maximum Gasteiger partial charge on any atom is 0.320 e. The van der Waals surface area contributed by atoms with Gasteiger partial charge in [0.2, 0.25) is 5.89 Å². The van der Waals surface area contributed by atoms with Gasteiger partial charge in [-0.25, -0.2) is 13.2 Å². The number of nitrogens with zero attached hydrogens (tertiary/aromatic N) is 2. The van der Waals surface area contributed by atoms with Crippen LogP contribution in [0.3, 0.4) is 0 Å². The first-order valence-corrected chi connectivity index (χ1v) is 4.98. The molecule has 0 aliphatic carbocycles. The second-order valence-electron chi connectivity index (χ2n) is 3.61. The van der Waals surface area contributed by atoms with Crippen molar-refractivity contribution >= 4 is 11.7 Å². The zero-order valence-corrected chi connectivity index (χ0v) is 9.25. The molecule has 1 unspecified atom stereocenters. The van der Waals surface area contributed by atoms with Gasteiger partial charge in [-0.05, 0) is 6.92 Å². The monoisotopic (exact) mass is 258 g/mol. The van der Waals surface area contributed by atoms with E-state index >= 15 is 0 Å². The van der Waals surface area contributed by atoms with Crippen molar-refractivity contribution in [3.05, 3.63) is 35.5 Å². The first-order chi connectivity index (χ1) is 8.47. The van der Waals surface area contributed by atoms with Gasteiger partial charge in [-0.1, -0.05) is 5.10 Å². The Kier molecular flexibility index (Phi) is 3.19. The zero-order chi connectivity index (χ0) is 13.3. The van der Waals surface area contributed by atoms with Crippen molar-refractivity contribution in [1.82, 2.24) is 10.2 Å². The Labute approximate surface area is 99.8 Å². The molecule has 1 heterocycles. The standard InChI is InChI=1S/C10H9F3N4O/c1-4(14)9-16-17-10(18-9)15-5-2-6(11)8(13)7(12)3-5/h2-4H,14H2,1H3,(H,15,17). The van der Waals surface area contributed by atoms with Crippen LogP contribution in [0.25, 0.3) is 0 Å². The predicted molar refractivity (Wildman–Crippen MR) is 56.5 cm³/mol. The van der Waals surface area contributed by atoms with E-state index < -0.39 is 23.5 Å². The highest BCUT2D eigenvalue weighted by atomic mass is 19.2. The molecule has 0 radical (unpaired) electrons. The fourth-order valence-corrected chi connectivity index (χ4v) is 1.22. The van der Waals surface area contributed by atoms with Gasteiger partial charge in [0, 0.05) is 17.8 Å². The Hall–Kier alpha value is -2.09. The molecule has 96 valence electrons. The Bertz CT molecular complexity index is 547. The normalized spacial score (nSPS) is 12.5. The van der Waals surface area contributed by atoms with E-state index in [9.17, 15) is 13.2 Å². The number of hydrogen-bond acceptors (Lipinski definition) is 5. The van der Waals surface area contributed by atoms with Crippen molar-refractivity contribution in [2.45, 2.75) is 13.0 Å². The second-order valence-corrected chi connectivity index (χ2v) is 3.61. The minimum atomic E-state index is -1.54. The average molecular weight is 258 g/mol. The quantitative estimate of drug-likeness (QED) is 0.825. The molecule has 3 N–H and O–H groups in total. The van der Waals surface area contributed by atoms with Gasteiger partial charge >= 0.3 is 6.01 Å². The third-order valence-corrected chi connectivity index (χ3v) is 2.07. The lowest BCUT2D eigenvalue weighted by molar-refractivity contribution is 0.447. The molecule has 1 atom stereocenters. The third kappa shape index (κ3) is 2.43. The molecule has 0 amide bonds. The van der Waals surface area contributed by atoms with Gasteiger partial charge in [-0.15, -0.1) is 5.10 Å². The summed E-state index contributed by atoms with van der Waals surface area (Å²) in [6, 6.07) is 0.991. The van der Waals surface area contributed by atoms with Crippen molar-refractivity contribution < 1.29 is 17.6 Å². The van der Waals surface area contributed by atoms with E-state index in [2.05, 4.69) is 15.5 Å². The van der Waals surface area contributed by atoms with E-state index in [4.69, 9.17) is 10.2 Å². The molecule has 0 aliphatic rings. The van der Waals surface area contributed by atoms with Crippen LogP contribution in [0, 0.1) is 17.5 Å². The summed E-state index contributed by atoms with van der Waals surface area (Å²) < 4.78 is 43.6. The Morgan fingerprint density at radius 1 is 1.22 bits per heavy atom. The number of nitrogens with two attached hydrogens (primary N) is 1. The minimum absolute atomic E-state index is 0.0497. The molecule has 0 fully saturated rings. The molecule has 2 rings (SSSR count). The highest BCUT2D eigenvalue weighted by molar-refractivity contribution is 5.52. The first-order valence-electron chi connectivity index (χ1n) is 4.98. The van der Waals surface area contributed by atoms with Crippen LogP contribution < -0.4 is 11.1 Å². The van der Waals surface area contributed by atoms with Gasteiger partial charge in [-0.2, -0.15) is 0 Å². The van der Waals surface area contributed by atoms with E-state index in [0.29, 0.717) is 0 Å². The number of benzene rings is 1. The number of halogens is 3. The maximum atomic E-state index is 12.9. The maximum absolute atomic E-state index is 12.9. The van der Waals surface area contributed by atoms with Crippen LogP contribution in [0.5, 0.6) is 0 Å². The molecule has 18 heavy (non-hydrogen) atoms. The third-order valence-electron chi connectivity index (χ3n) is 2.07. The fraction of sp³-hybridized carbons (Fsp3) is 0.200. The first kappa shape index (κ1) is 12.4. The summed E-state index contributed by atoms with van der Waals surface area (Å²) in [6.45, 7) is 1.63. The van der Waals surface area contributed by atoms with Crippen molar-refractivity contribution in [2.24, 2.45) is 5.73 Å². The lowest BCUT2D eigenvalue weighted by Crippen LogP contribution is -2.04. The number of anilines is 2. The van der Waals surface area contributed by atoms with Crippen LogP contribution in [-0.4, -0.2) is 10.2 Å². The summed E-state index contributed by atoms with van der Waals surface area (Å²) in [4.78, 5) is 0. The van der Waals surface area contributed by atoms with Crippen molar-refractivity contribution in [1.29, 1.82) is 0 Å². The lowest BCUT2D eigenvalue weighted by Gasteiger charge is -2.03. The molecule has 1 aromatic heterocycles. The molecular weight excluding hydrogens is 249 g/mol. The molecule has 1 aromatic carbocycles. The Balaban J connectivity index is 2.23. The van der Waals surface area contributed by atoms with Gasteiger partial charge in [0.1, 0.15) is 0 Å². The molecule has 8 heteroatoms. The van der Waals surface area contributed by atoms with Crippen LogP contribution in [0.4, 0.5) is 24.9 Å². The highest BCUT2D eigenvalue weighted by Gasteiger charge is 2.13. The van der Waals surface area contributed by atoms with Crippen LogP contribution in [-0.2, 0) is 0 Å². The molecule has 0 saturated heterocycles. The van der Waals surface area contributed by atoms with E-state index in [0.717, 1.165) is 12.1 Å². The Morgan fingerprint density at radius 2 is 1.83 bits per heavy atom. The minimum Gasteiger partial charge on any atom is -0.406 e. The van der Waals surface area contributed by atoms with Crippen LogP contribution in [0.1, 0.15) is 18.9 Å². The summed E-state index contributed by atoms with van der Waals surface area (Å²) in [5.41, 5.74) is 5.45. The van der Waals surface area contributed by atoms with Crippen molar-refractivity contribution in [3.63, 3.8) is 0 Å². The molecular formula is C10H9F3N4O. The molecule has 0 aliphatic heterocycles. The fourth-order valence-electron chi connectivity index (χ4n) is 1.22. The largest absolute Gasteiger partial charge is 0.406 e. The zero-order valence-electron chi connectivity index (χ0n) is 9.25. The van der Waals surface area contributed by atoms with Crippen molar-refractivity contribution in [3.8, 4) is 0 Å². The predicted octanol–water partition coefficient (Wildman–Crippen LogP) is 2.25. The summed E-state index contributed by atoms with van der Waals surface area (Å²) >= 11 is 0. The number of aromatic nitrogens is 2. The van der Waals surface area contributed by atoms with Crippen LogP contribution >= 0.6 is 0 Å². The van der Waals surface area contributed by atoms with Gasteiger partial charge in [-0.3, -0.25) is 0 Å². The SMILES string of the molecule is CC(N)c1nnc(Nc2cc(F)c(F)c(F)c2)o1. The molecule has 5 nitrogen and oxygen atoms in total. The van der Waals surface area contributed by atoms with E-state index in [1.54, 1.807) is 6.92 Å². The van der Waals surface area contributed by atoms with Crippen molar-refractivity contribution in [2.75, 3.05) is 5.32 Å². The van der Waals surface area contributed by atoms with Gasteiger partial charge < -0.3 is 15.5 Å². The second kappa shape index (κ2) is 4.65. The Morgan fingerprint density at radius 3 is 2.33 bits per heavy atom. The molecule has 0 bridgehead atoms. The van der Waals surface area contributed by atoms with Gasteiger partial charge in [0.25, 0.3) is 0 Å². The number of nitrogens with one attached hydrogen (secondary N) is 1. The smallest absolute Gasteiger partial charge is 0.320 e. The number of rotatable bonds is 3. The summed E-state index contributed by atoms with van der Waals surface area (Å²) in [7, 11) is 0. The van der Waals surface area contributed by atoms with E-state index in [-0.39, 0.29) is 17.6 Å². The summed E-state index contributed by atoms with van der Waals surface area (Å²) in [6.07, 6.45) is 0. The molecule has 0 saturated carbocycles. The highest BCUT2D eigenvalue weighted by Crippen LogP contribution is 2.21. The molecule has 0 spiro atoms. The topological polar surface area (TPSA) is 77.0 Å². The van der Waals surface area contributed by atoms with Crippen LogP contribution in [0.2, 0.25) is 0 Å². The molecule has 2 aromatic rings. The van der Waals surface area contributed by atoms with Gasteiger partial charge in [0.15, 0.2) is 17.5 Å². The lowest BCUT2D eigenvalue weighted by atomic mass is 10.3.